The molecular formula is C11H11IN2O. The third-order valence-corrected chi connectivity index (χ3v) is 3.70. The molecule has 1 aromatic heterocycles. The first-order valence-corrected chi connectivity index (χ1v) is 5.61. The van der Waals surface area contributed by atoms with Crippen molar-refractivity contribution in [2.45, 2.75) is 6.92 Å². The smallest absolute Gasteiger partial charge is 0.145 e. The molecule has 1 aromatic carbocycles. The first kappa shape index (κ1) is 10.5. The summed E-state index contributed by atoms with van der Waals surface area (Å²) in [6, 6.07) is 5.77. The molecule has 0 saturated heterocycles. The quantitative estimate of drug-likeness (QED) is 0.824. The van der Waals surface area contributed by atoms with Crippen molar-refractivity contribution in [1.29, 1.82) is 0 Å². The van der Waals surface area contributed by atoms with Gasteiger partial charge in [-0.1, -0.05) is 12.1 Å². The maximum absolute atomic E-state index is 6.04. The predicted molar refractivity (Wildman–Crippen MR) is 70.2 cm³/mol. The second-order valence-corrected chi connectivity index (χ2v) is 4.36. The van der Waals surface area contributed by atoms with Crippen molar-refractivity contribution in [3.8, 4) is 5.75 Å². The molecule has 0 fully saturated rings. The van der Waals surface area contributed by atoms with E-state index in [1.165, 1.54) is 0 Å². The van der Waals surface area contributed by atoms with Crippen LogP contribution in [0, 0.1) is 10.5 Å². The summed E-state index contributed by atoms with van der Waals surface area (Å²) in [6.45, 7) is 1.95. The summed E-state index contributed by atoms with van der Waals surface area (Å²) < 4.78 is 6.26. The lowest BCUT2D eigenvalue weighted by Crippen LogP contribution is -1.98. The van der Waals surface area contributed by atoms with Crippen molar-refractivity contribution < 1.29 is 4.74 Å². The van der Waals surface area contributed by atoms with E-state index >= 15 is 0 Å². The number of benzene rings is 1. The van der Waals surface area contributed by atoms with E-state index in [9.17, 15) is 0 Å². The number of fused-ring (bicyclic) bond motifs is 1. The van der Waals surface area contributed by atoms with Gasteiger partial charge in [0.15, 0.2) is 0 Å². The van der Waals surface area contributed by atoms with E-state index in [2.05, 4.69) is 27.6 Å². The Morgan fingerprint density at radius 3 is 2.80 bits per heavy atom. The zero-order valence-electron chi connectivity index (χ0n) is 8.54. The Balaban J connectivity index is 2.91. The number of hydrogen-bond acceptors (Lipinski definition) is 3. The summed E-state index contributed by atoms with van der Waals surface area (Å²) in [6.07, 6.45) is 0. The Morgan fingerprint density at radius 1 is 1.40 bits per heavy atom. The average molecular weight is 314 g/mol. The number of nitrogens with two attached hydrogens (primary N) is 1. The van der Waals surface area contributed by atoms with Crippen LogP contribution in [0.4, 0.5) is 5.69 Å². The lowest BCUT2D eigenvalue weighted by Gasteiger charge is -2.09. The van der Waals surface area contributed by atoms with E-state index in [1.54, 1.807) is 7.11 Å². The minimum Gasteiger partial charge on any atom is -0.494 e. The molecular weight excluding hydrogens is 303 g/mol. The standard InChI is InChI=1S/C11H11IN2O/c1-6-9(12)10(13)7-4-3-5-8(15-2)11(7)14-6/h3-5H,1-2H3,(H2,13,14). The van der Waals surface area contributed by atoms with E-state index < -0.39 is 0 Å². The number of hydrogen-bond donors (Lipinski definition) is 1. The van der Waals surface area contributed by atoms with Crippen LogP contribution in [-0.2, 0) is 0 Å². The van der Waals surface area contributed by atoms with Gasteiger partial charge in [0.25, 0.3) is 0 Å². The first-order chi connectivity index (χ1) is 7.15. The maximum Gasteiger partial charge on any atom is 0.145 e. The Labute approximate surface area is 102 Å². The van der Waals surface area contributed by atoms with E-state index in [-0.39, 0.29) is 0 Å². The molecule has 2 N–H and O–H groups in total. The number of aryl methyl sites for hydroxylation is 1. The predicted octanol–water partition coefficient (Wildman–Crippen LogP) is 2.74. The van der Waals surface area contributed by atoms with E-state index in [4.69, 9.17) is 10.5 Å². The number of aromatic nitrogens is 1. The summed E-state index contributed by atoms with van der Waals surface area (Å²) in [5.41, 5.74) is 8.58. The van der Waals surface area contributed by atoms with Gasteiger partial charge in [-0.3, -0.25) is 0 Å². The van der Waals surface area contributed by atoms with E-state index in [1.807, 2.05) is 25.1 Å². The van der Waals surface area contributed by atoms with Gasteiger partial charge in [0.2, 0.25) is 0 Å². The largest absolute Gasteiger partial charge is 0.494 e. The van der Waals surface area contributed by atoms with E-state index in [0.29, 0.717) is 0 Å². The van der Waals surface area contributed by atoms with Crippen LogP contribution in [0.1, 0.15) is 5.69 Å². The topological polar surface area (TPSA) is 48.1 Å². The van der Waals surface area contributed by atoms with Gasteiger partial charge in [0, 0.05) is 5.39 Å². The van der Waals surface area contributed by atoms with Crippen LogP contribution < -0.4 is 10.5 Å². The van der Waals surface area contributed by atoms with Gasteiger partial charge < -0.3 is 10.5 Å². The molecule has 4 heteroatoms. The zero-order valence-corrected chi connectivity index (χ0v) is 10.7. The van der Waals surface area contributed by atoms with Crippen LogP contribution in [0.2, 0.25) is 0 Å². The summed E-state index contributed by atoms with van der Waals surface area (Å²) in [5, 5.41) is 0.948. The Morgan fingerprint density at radius 2 is 2.13 bits per heavy atom. The maximum atomic E-state index is 6.04. The van der Waals surface area contributed by atoms with Gasteiger partial charge in [-0.25, -0.2) is 4.98 Å². The number of para-hydroxylation sites is 1. The molecule has 3 nitrogen and oxygen atoms in total. The van der Waals surface area contributed by atoms with Crippen LogP contribution in [0.5, 0.6) is 5.75 Å². The van der Waals surface area contributed by atoms with Crippen molar-refractivity contribution in [3.05, 3.63) is 27.5 Å². The summed E-state index contributed by atoms with van der Waals surface area (Å²) in [5.74, 6) is 0.763. The molecule has 0 atom stereocenters. The number of ether oxygens (including phenoxy) is 1. The highest BCUT2D eigenvalue weighted by molar-refractivity contribution is 14.1. The van der Waals surface area contributed by atoms with Crippen molar-refractivity contribution in [2.24, 2.45) is 0 Å². The molecule has 2 aromatic rings. The van der Waals surface area contributed by atoms with Crippen molar-refractivity contribution in [2.75, 3.05) is 12.8 Å². The zero-order chi connectivity index (χ0) is 11.0. The fourth-order valence-corrected chi connectivity index (χ4v) is 1.96. The highest BCUT2D eigenvalue weighted by atomic mass is 127. The lowest BCUT2D eigenvalue weighted by molar-refractivity contribution is 0.419. The lowest BCUT2D eigenvalue weighted by atomic mass is 10.1. The number of rotatable bonds is 1. The molecule has 1 heterocycles. The fourth-order valence-electron chi connectivity index (χ4n) is 1.55. The summed E-state index contributed by atoms with van der Waals surface area (Å²) >= 11 is 2.21. The van der Waals surface area contributed by atoms with Gasteiger partial charge in [0.1, 0.15) is 11.3 Å². The molecule has 15 heavy (non-hydrogen) atoms. The van der Waals surface area contributed by atoms with Crippen LogP contribution in [0.25, 0.3) is 10.9 Å². The van der Waals surface area contributed by atoms with Crippen LogP contribution >= 0.6 is 22.6 Å². The highest BCUT2D eigenvalue weighted by Gasteiger charge is 2.10. The number of nitrogens with zero attached hydrogens (tertiary/aromatic N) is 1. The fraction of sp³-hybridized carbons (Fsp3) is 0.182. The second kappa shape index (κ2) is 3.84. The second-order valence-electron chi connectivity index (χ2n) is 3.28. The van der Waals surface area contributed by atoms with Crippen LogP contribution in [0.3, 0.4) is 0 Å². The van der Waals surface area contributed by atoms with Crippen molar-refractivity contribution >= 4 is 39.2 Å². The normalized spacial score (nSPS) is 10.6. The van der Waals surface area contributed by atoms with Crippen molar-refractivity contribution in [1.82, 2.24) is 4.98 Å². The minimum atomic E-state index is 0.763. The van der Waals surface area contributed by atoms with E-state index in [0.717, 1.165) is 31.6 Å². The Hall–Kier alpha value is -1.04. The third-order valence-electron chi connectivity index (χ3n) is 2.34. The number of methoxy groups -OCH3 is 1. The van der Waals surface area contributed by atoms with Crippen LogP contribution in [-0.4, -0.2) is 12.1 Å². The summed E-state index contributed by atoms with van der Waals surface area (Å²) in [4.78, 5) is 4.49. The molecule has 0 radical (unpaired) electrons. The molecule has 0 aliphatic rings. The monoisotopic (exact) mass is 314 g/mol. The molecule has 0 aliphatic carbocycles. The van der Waals surface area contributed by atoms with Gasteiger partial charge in [-0.2, -0.15) is 0 Å². The molecule has 0 amide bonds. The third kappa shape index (κ3) is 1.62. The van der Waals surface area contributed by atoms with Gasteiger partial charge in [-0.15, -0.1) is 0 Å². The number of anilines is 1. The molecule has 0 unspecified atom stereocenters. The molecule has 78 valence electrons. The molecule has 0 saturated carbocycles. The Bertz CT molecular complexity index is 525. The molecule has 0 spiro atoms. The van der Waals surface area contributed by atoms with Gasteiger partial charge in [-0.05, 0) is 35.6 Å². The number of halogens is 1. The first-order valence-electron chi connectivity index (χ1n) is 4.53. The average Bonchev–Trinajstić information content (AvgIpc) is 2.25. The molecule has 0 aliphatic heterocycles. The van der Waals surface area contributed by atoms with Crippen molar-refractivity contribution in [3.63, 3.8) is 0 Å². The van der Waals surface area contributed by atoms with Crippen LogP contribution in [0.15, 0.2) is 18.2 Å². The van der Waals surface area contributed by atoms with Gasteiger partial charge in [0.05, 0.1) is 22.1 Å². The van der Waals surface area contributed by atoms with Gasteiger partial charge >= 0.3 is 0 Å². The molecule has 2 rings (SSSR count). The summed E-state index contributed by atoms with van der Waals surface area (Å²) in [7, 11) is 1.64. The highest BCUT2D eigenvalue weighted by Crippen LogP contribution is 2.31. The minimum absolute atomic E-state index is 0.763. The number of nitrogen functional groups attached to an aromatic ring is 1. The number of pyridine rings is 1. The molecule has 0 bridgehead atoms. The Kier molecular flexibility index (Phi) is 2.68. The SMILES string of the molecule is COc1cccc2c(N)c(I)c(C)nc12.